The van der Waals surface area contributed by atoms with Crippen LogP contribution in [0.2, 0.25) is 0 Å². The molecule has 0 fully saturated rings. The van der Waals surface area contributed by atoms with Crippen molar-refractivity contribution in [3.63, 3.8) is 0 Å². The fraction of sp³-hybridized carbons (Fsp3) is 0.321. The number of unbranched alkanes of at least 4 members (excludes halogenated alkanes) is 1. The molecule has 0 radical (unpaired) electrons. The Morgan fingerprint density at radius 3 is 2.61 bits per heavy atom. The summed E-state index contributed by atoms with van der Waals surface area (Å²) in [6.45, 7) is 11.2. The van der Waals surface area contributed by atoms with Gasteiger partial charge >= 0.3 is 0 Å². The third-order valence-electron chi connectivity index (χ3n) is 6.62. The van der Waals surface area contributed by atoms with E-state index in [-0.39, 0.29) is 17.5 Å². The molecule has 2 unspecified atom stereocenters. The molecule has 0 bridgehead atoms. The molecule has 4 rings (SSSR count). The van der Waals surface area contributed by atoms with Crippen molar-refractivity contribution >= 4 is 22.3 Å². The van der Waals surface area contributed by atoms with E-state index in [0.29, 0.717) is 5.57 Å². The Morgan fingerprint density at radius 1 is 1.19 bits per heavy atom. The average Bonchev–Trinajstić information content (AvgIpc) is 3.13. The lowest BCUT2D eigenvalue weighted by Gasteiger charge is -2.33. The van der Waals surface area contributed by atoms with Gasteiger partial charge in [-0.05, 0) is 48.6 Å². The van der Waals surface area contributed by atoms with Gasteiger partial charge in [0.05, 0.1) is 11.5 Å². The number of fused-ring (bicyclic) bond motifs is 1. The van der Waals surface area contributed by atoms with Crippen LogP contribution in [-0.4, -0.2) is 15.5 Å². The molecule has 160 valence electrons. The van der Waals surface area contributed by atoms with Crippen LogP contribution in [-0.2, 0) is 17.8 Å². The van der Waals surface area contributed by atoms with Crippen molar-refractivity contribution in [2.24, 2.45) is 5.92 Å². The number of rotatable bonds is 8. The van der Waals surface area contributed by atoms with Gasteiger partial charge in [-0.3, -0.25) is 4.79 Å². The molecule has 1 aliphatic rings. The summed E-state index contributed by atoms with van der Waals surface area (Å²) in [5.74, 6) is -0.592. The number of carbonyl (C=O) groups excluding carboxylic acids is 1. The molecular formula is C28H31NO2. The first kappa shape index (κ1) is 21.2. The van der Waals surface area contributed by atoms with Gasteiger partial charge in [-0.1, -0.05) is 56.7 Å². The molecule has 1 heterocycles. The highest BCUT2D eigenvalue weighted by molar-refractivity contribution is 6.32. The van der Waals surface area contributed by atoms with Crippen molar-refractivity contribution in [3.8, 4) is 0 Å². The Morgan fingerprint density at radius 2 is 1.97 bits per heavy atom. The molecule has 1 aliphatic carbocycles. The third-order valence-corrected chi connectivity index (χ3v) is 6.62. The molecule has 2 aromatic carbocycles. The van der Waals surface area contributed by atoms with Gasteiger partial charge in [-0.25, -0.2) is 0 Å². The lowest BCUT2D eigenvalue weighted by Crippen LogP contribution is -2.34. The van der Waals surface area contributed by atoms with Gasteiger partial charge in [0, 0.05) is 35.1 Å². The van der Waals surface area contributed by atoms with Gasteiger partial charge in [0.25, 0.3) is 0 Å². The molecule has 1 N–H and O–H groups in total. The summed E-state index contributed by atoms with van der Waals surface area (Å²) in [6.07, 6.45) is 6.96. The standard InChI is InChI=1S/C28H31NO2/c1-5-8-15-29-17-23(22-16-19(6-2)13-14-24(22)29)26-27(30)25(28(26)31)20(7-3)21-12-10-9-11-18(21)4/h7,9-14,16-17,20,25,30H,3,5-6,8,15H2,1-2,4H3. The van der Waals surface area contributed by atoms with Crippen LogP contribution in [0, 0.1) is 12.8 Å². The molecule has 3 heteroatoms. The minimum atomic E-state index is -0.558. The second-order valence-electron chi connectivity index (χ2n) is 8.52. The summed E-state index contributed by atoms with van der Waals surface area (Å²) in [4.78, 5) is 13.4. The van der Waals surface area contributed by atoms with Crippen molar-refractivity contribution in [1.29, 1.82) is 0 Å². The monoisotopic (exact) mass is 413 g/mol. The predicted molar refractivity (Wildman–Crippen MR) is 128 cm³/mol. The summed E-state index contributed by atoms with van der Waals surface area (Å²) in [6, 6.07) is 14.5. The topological polar surface area (TPSA) is 42.2 Å². The zero-order valence-corrected chi connectivity index (χ0v) is 18.7. The fourth-order valence-electron chi connectivity index (χ4n) is 4.77. The Labute approximate surface area is 184 Å². The van der Waals surface area contributed by atoms with Crippen molar-refractivity contribution in [2.75, 3.05) is 0 Å². The number of Topliss-reactive ketones (excluding diaryl/α,β-unsaturated/α-hetero) is 1. The van der Waals surface area contributed by atoms with Crippen molar-refractivity contribution in [1.82, 2.24) is 4.57 Å². The van der Waals surface area contributed by atoms with Crippen LogP contribution >= 0.6 is 0 Å². The molecule has 0 aliphatic heterocycles. The van der Waals surface area contributed by atoms with E-state index in [4.69, 9.17) is 0 Å². The molecule has 0 amide bonds. The van der Waals surface area contributed by atoms with Gasteiger partial charge in [0.15, 0.2) is 5.78 Å². The maximum absolute atomic E-state index is 13.4. The van der Waals surface area contributed by atoms with E-state index < -0.39 is 5.92 Å². The normalized spacial score (nSPS) is 17.1. The Hall–Kier alpha value is -3.07. The van der Waals surface area contributed by atoms with Crippen LogP contribution < -0.4 is 0 Å². The zero-order chi connectivity index (χ0) is 22.1. The number of benzene rings is 2. The van der Waals surface area contributed by atoms with Crippen LogP contribution in [0.4, 0.5) is 0 Å². The maximum Gasteiger partial charge on any atom is 0.178 e. The van der Waals surface area contributed by atoms with E-state index in [1.807, 2.05) is 31.2 Å². The second-order valence-corrected chi connectivity index (χ2v) is 8.52. The van der Waals surface area contributed by atoms with Crippen LogP contribution in [0.25, 0.3) is 16.5 Å². The molecule has 3 aromatic rings. The maximum atomic E-state index is 13.4. The number of nitrogens with zero attached hydrogens (tertiary/aromatic N) is 1. The van der Waals surface area contributed by atoms with Crippen LogP contribution in [0.3, 0.4) is 0 Å². The van der Waals surface area contributed by atoms with E-state index in [1.54, 1.807) is 6.08 Å². The van der Waals surface area contributed by atoms with Gasteiger partial charge in [0.1, 0.15) is 5.76 Å². The number of carbonyl (C=O) groups is 1. The number of hydrogen-bond donors (Lipinski definition) is 1. The number of aromatic nitrogens is 1. The van der Waals surface area contributed by atoms with E-state index >= 15 is 0 Å². The SMILES string of the molecule is C=CC(c1ccccc1C)C1C(=O)C(c2cn(CCCC)c3ccc(CC)cc23)=C1O. The smallest absolute Gasteiger partial charge is 0.178 e. The molecule has 1 aromatic heterocycles. The number of allylic oxidation sites excluding steroid dienone is 3. The lowest BCUT2D eigenvalue weighted by molar-refractivity contribution is -0.119. The number of aliphatic hydroxyl groups is 1. The van der Waals surface area contributed by atoms with Gasteiger partial charge in [0.2, 0.25) is 0 Å². The average molecular weight is 414 g/mol. The van der Waals surface area contributed by atoms with Gasteiger partial charge in [-0.2, -0.15) is 0 Å². The van der Waals surface area contributed by atoms with Crippen molar-refractivity contribution in [2.45, 2.75) is 52.5 Å². The minimum absolute atomic E-state index is 0.00194. The molecule has 0 saturated heterocycles. The highest BCUT2D eigenvalue weighted by Gasteiger charge is 2.45. The molecule has 3 nitrogen and oxygen atoms in total. The van der Waals surface area contributed by atoms with Crippen LogP contribution in [0.5, 0.6) is 0 Å². The summed E-state index contributed by atoms with van der Waals surface area (Å²) in [5, 5.41) is 12.2. The summed E-state index contributed by atoms with van der Waals surface area (Å²) >= 11 is 0. The predicted octanol–water partition coefficient (Wildman–Crippen LogP) is 6.75. The first-order valence-corrected chi connectivity index (χ1v) is 11.3. The first-order chi connectivity index (χ1) is 15.0. The second kappa shape index (κ2) is 8.58. The largest absolute Gasteiger partial charge is 0.511 e. The van der Waals surface area contributed by atoms with Crippen molar-refractivity contribution < 1.29 is 9.90 Å². The van der Waals surface area contributed by atoms with E-state index in [0.717, 1.165) is 53.4 Å². The van der Waals surface area contributed by atoms with E-state index in [1.165, 1.54) is 5.56 Å². The van der Waals surface area contributed by atoms with Crippen molar-refractivity contribution in [3.05, 3.63) is 89.3 Å². The Balaban J connectivity index is 1.81. The van der Waals surface area contributed by atoms with Gasteiger partial charge in [-0.15, -0.1) is 6.58 Å². The summed E-state index contributed by atoms with van der Waals surface area (Å²) in [7, 11) is 0. The quantitative estimate of drug-likeness (QED) is 0.415. The molecule has 0 saturated carbocycles. The summed E-state index contributed by atoms with van der Waals surface area (Å²) < 4.78 is 2.22. The molecule has 31 heavy (non-hydrogen) atoms. The van der Waals surface area contributed by atoms with Crippen LogP contribution in [0.15, 0.2) is 67.1 Å². The first-order valence-electron chi connectivity index (χ1n) is 11.3. The molecule has 2 atom stereocenters. The fourth-order valence-corrected chi connectivity index (χ4v) is 4.77. The van der Waals surface area contributed by atoms with Crippen LogP contribution in [0.1, 0.15) is 54.9 Å². The number of hydrogen-bond acceptors (Lipinski definition) is 2. The Bertz CT molecular complexity index is 1180. The van der Waals surface area contributed by atoms with Gasteiger partial charge < -0.3 is 9.67 Å². The zero-order valence-electron chi connectivity index (χ0n) is 18.7. The number of ketones is 1. The lowest BCUT2D eigenvalue weighted by atomic mass is 9.69. The van der Waals surface area contributed by atoms with E-state index in [9.17, 15) is 9.90 Å². The van der Waals surface area contributed by atoms with E-state index in [2.05, 4.69) is 49.4 Å². The number of aryl methyl sites for hydroxylation is 3. The summed E-state index contributed by atoms with van der Waals surface area (Å²) in [5.41, 5.74) is 5.82. The molecule has 0 spiro atoms. The minimum Gasteiger partial charge on any atom is -0.511 e. The highest BCUT2D eigenvalue weighted by atomic mass is 16.3. The number of aliphatic hydroxyl groups excluding tert-OH is 1. The third kappa shape index (κ3) is 3.52. The molecular weight excluding hydrogens is 382 g/mol. The highest BCUT2D eigenvalue weighted by Crippen LogP contribution is 2.47. The Kier molecular flexibility index (Phi) is 5.86.